The van der Waals surface area contributed by atoms with Crippen molar-refractivity contribution in [1.29, 1.82) is 0 Å². The number of aliphatic hydroxyl groups excluding tert-OH is 1. The minimum atomic E-state index is -0.478. The normalized spacial score (nSPS) is 14.3. The molecule has 0 heterocycles. The molecule has 2 aromatic carbocycles. The topological polar surface area (TPSA) is 32.3 Å². The Morgan fingerprint density at radius 2 is 1.50 bits per heavy atom. The van der Waals surface area contributed by atoms with Gasteiger partial charge in [0.05, 0.1) is 12.1 Å². The van der Waals surface area contributed by atoms with Crippen molar-refractivity contribution >= 4 is 0 Å². The van der Waals surface area contributed by atoms with E-state index in [1.165, 1.54) is 16.7 Å². The summed E-state index contributed by atoms with van der Waals surface area (Å²) in [5, 5.41) is 13.1. The Kier molecular flexibility index (Phi) is 5.42. The van der Waals surface area contributed by atoms with Crippen LogP contribution in [-0.4, -0.2) is 18.3 Å². The molecular formula is C22H23NO. The van der Waals surface area contributed by atoms with E-state index in [4.69, 9.17) is 0 Å². The Bertz CT molecular complexity index is 690. The molecule has 0 aromatic heterocycles. The van der Waals surface area contributed by atoms with Gasteiger partial charge in [-0.2, -0.15) is 0 Å². The van der Waals surface area contributed by atoms with E-state index in [2.05, 4.69) is 84.2 Å². The standard InChI is InChI=1S/C22H23NO/c24-18-17-23-22(20-13-7-3-8-14-20,21-15-9-4-10-16-21)19-11-5-1-2-6-12-19/h1-5,7-16,23-24H,6,17-18H2. The van der Waals surface area contributed by atoms with Crippen LogP contribution in [0.25, 0.3) is 0 Å². The van der Waals surface area contributed by atoms with Crippen LogP contribution in [0.1, 0.15) is 17.5 Å². The largest absolute Gasteiger partial charge is 0.395 e. The summed E-state index contributed by atoms with van der Waals surface area (Å²) >= 11 is 0. The fraction of sp³-hybridized carbons (Fsp3) is 0.182. The van der Waals surface area contributed by atoms with E-state index in [1.54, 1.807) is 0 Å². The maximum atomic E-state index is 9.47. The molecule has 0 bridgehead atoms. The molecule has 2 heteroatoms. The quantitative estimate of drug-likeness (QED) is 0.845. The smallest absolute Gasteiger partial charge is 0.0945 e. The molecule has 2 aromatic rings. The van der Waals surface area contributed by atoms with E-state index in [-0.39, 0.29) is 6.61 Å². The number of hydrogen-bond acceptors (Lipinski definition) is 2. The zero-order valence-electron chi connectivity index (χ0n) is 13.7. The van der Waals surface area contributed by atoms with Gasteiger partial charge in [-0.3, -0.25) is 5.32 Å². The lowest BCUT2D eigenvalue weighted by Crippen LogP contribution is -2.46. The van der Waals surface area contributed by atoms with Crippen molar-refractivity contribution in [2.45, 2.75) is 12.0 Å². The molecule has 24 heavy (non-hydrogen) atoms. The van der Waals surface area contributed by atoms with E-state index in [1.807, 2.05) is 12.1 Å². The fourth-order valence-electron chi connectivity index (χ4n) is 3.28. The molecule has 122 valence electrons. The lowest BCUT2D eigenvalue weighted by atomic mass is 9.76. The molecule has 0 fully saturated rings. The van der Waals surface area contributed by atoms with Crippen LogP contribution in [-0.2, 0) is 5.54 Å². The molecule has 2 nitrogen and oxygen atoms in total. The third-order valence-electron chi connectivity index (χ3n) is 4.35. The number of rotatable bonds is 6. The molecule has 1 aliphatic rings. The second kappa shape index (κ2) is 7.91. The van der Waals surface area contributed by atoms with Crippen LogP contribution < -0.4 is 5.32 Å². The van der Waals surface area contributed by atoms with Gasteiger partial charge in [0.15, 0.2) is 0 Å². The Balaban J connectivity index is 2.22. The molecule has 1 aliphatic carbocycles. The molecule has 0 unspecified atom stereocenters. The van der Waals surface area contributed by atoms with Crippen molar-refractivity contribution in [2.24, 2.45) is 0 Å². The van der Waals surface area contributed by atoms with Crippen LogP contribution in [0.3, 0.4) is 0 Å². The summed E-state index contributed by atoms with van der Waals surface area (Å²) in [4.78, 5) is 0. The first kappa shape index (κ1) is 16.4. The first-order valence-corrected chi connectivity index (χ1v) is 8.38. The van der Waals surface area contributed by atoms with Gasteiger partial charge in [-0.25, -0.2) is 0 Å². The maximum absolute atomic E-state index is 9.47. The van der Waals surface area contributed by atoms with Crippen LogP contribution in [0.5, 0.6) is 0 Å². The molecule has 0 spiro atoms. The fourth-order valence-corrected chi connectivity index (χ4v) is 3.28. The minimum absolute atomic E-state index is 0.0939. The Morgan fingerprint density at radius 1 is 0.875 bits per heavy atom. The second-order valence-corrected chi connectivity index (χ2v) is 5.81. The molecular weight excluding hydrogens is 294 g/mol. The van der Waals surface area contributed by atoms with Crippen molar-refractivity contribution in [3.8, 4) is 0 Å². The molecule has 2 N–H and O–H groups in total. The van der Waals surface area contributed by atoms with Gasteiger partial charge in [0.1, 0.15) is 0 Å². The maximum Gasteiger partial charge on any atom is 0.0945 e. The van der Waals surface area contributed by atoms with Crippen molar-refractivity contribution in [3.63, 3.8) is 0 Å². The molecule has 0 amide bonds. The highest BCUT2D eigenvalue weighted by atomic mass is 16.3. The van der Waals surface area contributed by atoms with E-state index in [0.29, 0.717) is 6.54 Å². The highest BCUT2D eigenvalue weighted by Gasteiger charge is 2.36. The molecule has 0 aliphatic heterocycles. The molecule has 0 radical (unpaired) electrons. The van der Waals surface area contributed by atoms with Crippen LogP contribution in [0.15, 0.2) is 96.6 Å². The van der Waals surface area contributed by atoms with Crippen molar-refractivity contribution in [1.82, 2.24) is 5.32 Å². The van der Waals surface area contributed by atoms with Crippen LogP contribution in [0.2, 0.25) is 0 Å². The lowest BCUT2D eigenvalue weighted by Gasteiger charge is -2.38. The van der Waals surface area contributed by atoms with Gasteiger partial charge in [0.2, 0.25) is 0 Å². The van der Waals surface area contributed by atoms with E-state index in [9.17, 15) is 5.11 Å². The zero-order valence-corrected chi connectivity index (χ0v) is 13.7. The van der Waals surface area contributed by atoms with Crippen LogP contribution in [0, 0.1) is 0 Å². The highest BCUT2D eigenvalue weighted by Crippen LogP contribution is 2.38. The van der Waals surface area contributed by atoms with E-state index in [0.717, 1.165) is 6.42 Å². The summed E-state index contributed by atoms with van der Waals surface area (Å²) < 4.78 is 0. The molecule has 0 saturated heterocycles. The minimum Gasteiger partial charge on any atom is -0.395 e. The summed E-state index contributed by atoms with van der Waals surface area (Å²) in [5.41, 5.74) is 3.05. The van der Waals surface area contributed by atoms with E-state index < -0.39 is 5.54 Å². The summed E-state index contributed by atoms with van der Waals surface area (Å²) in [5.74, 6) is 0. The highest BCUT2D eigenvalue weighted by molar-refractivity contribution is 5.52. The number of nitrogens with one attached hydrogen (secondary N) is 1. The number of aliphatic hydroxyl groups is 1. The van der Waals surface area contributed by atoms with Gasteiger partial charge < -0.3 is 5.11 Å². The Labute approximate surface area is 143 Å². The average molecular weight is 317 g/mol. The Hall–Kier alpha value is -2.42. The van der Waals surface area contributed by atoms with Crippen molar-refractivity contribution in [2.75, 3.05) is 13.2 Å². The summed E-state index contributed by atoms with van der Waals surface area (Å²) in [6.07, 6.45) is 11.6. The van der Waals surface area contributed by atoms with Crippen molar-refractivity contribution < 1.29 is 5.11 Å². The lowest BCUT2D eigenvalue weighted by molar-refractivity contribution is 0.277. The third kappa shape index (κ3) is 3.25. The summed E-state index contributed by atoms with van der Waals surface area (Å²) in [7, 11) is 0. The van der Waals surface area contributed by atoms with Gasteiger partial charge >= 0.3 is 0 Å². The summed E-state index contributed by atoms with van der Waals surface area (Å²) in [6, 6.07) is 20.9. The van der Waals surface area contributed by atoms with Gasteiger partial charge in [0.25, 0.3) is 0 Å². The first-order chi connectivity index (χ1) is 11.9. The zero-order chi connectivity index (χ0) is 16.7. The van der Waals surface area contributed by atoms with E-state index >= 15 is 0 Å². The van der Waals surface area contributed by atoms with Gasteiger partial charge in [0, 0.05) is 6.54 Å². The number of benzene rings is 2. The predicted molar refractivity (Wildman–Crippen MR) is 99.7 cm³/mol. The average Bonchev–Trinajstić information content (AvgIpc) is 2.94. The predicted octanol–water partition coefficient (Wildman–Crippen LogP) is 3.95. The molecule has 0 saturated carbocycles. The number of allylic oxidation sites excluding steroid dienone is 4. The summed E-state index contributed by atoms with van der Waals surface area (Å²) in [6.45, 7) is 0.610. The van der Waals surface area contributed by atoms with Crippen molar-refractivity contribution in [3.05, 3.63) is 108 Å². The van der Waals surface area contributed by atoms with Crippen LogP contribution >= 0.6 is 0 Å². The monoisotopic (exact) mass is 317 g/mol. The second-order valence-electron chi connectivity index (χ2n) is 5.81. The van der Waals surface area contributed by atoms with Gasteiger partial charge in [-0.05, 0) is 23.1 Å². The molecule has 0 atom stereocenters. The molecule has 3 rings (SSSR count). The van der Waals surface area contributed by atoms with Gasteiger partial charge in [-0.15, -0.1) is 0 Å². The third-order valence-corrected chi connectivity index (χ3v) is 4.35. The number of hydrogen-bond donors (Lipinski definition) is 2. The SMILES string of the molecule is OCCNC(C1=CCC=CC=C1)(c1ccccc1)c1ccccc1. The van der Waals surface area contributed by atoms with Gasteiger partial charge in [-0.1, -0.05) is 91.0 Å². The van der Waals surface area contributed by atoms with Crippen LogP contribution in [0.4, 0.5) is 0 Å². The first-order valence-electron chi connectivity index (χ1n) is 8.38. The Morgan fingerprint density at radius 3 is 2.08 bits per heavy atom.